The monoisotopic (exact) mass is 439 g/mol. The Bertz CT molecular complexity index is 891. The van der Waals surface area contributed by atoms with E-state index in [9.17, 15) is 9.59 Å². The molecule has 0 aliphatic carbocycles. The molecule has 164 valence electrons. The highest BCUT2D eigenvalue weighted by Crippen LogP contribution is 2.33. The van der Waals surface area contributed by atoms with Gasteiger partial charge < -0.3 is 20.7 Å². The molecule has 2 saturated heterocycles. The van der Waals surface area contributed by atoms with E-state index in [2.05, 4.69) is 16.0 Å². The van der Waals surface area contributed by atoms with E-state index < -0.39 is 0 Å². The van der Waals surface area contributed by atoms with Crippen molar-refractivity contribution in [1.82, 2.24) is 16.0 Å². The van der Waals surface area contributed by atoms with Crippen molar-refractivity contribution in [1.29, 1.82) is 0 Å². The van der Waals surface area contributed by atoms with Gasteiger partial charge in [-0.25, -0.2) is 4.79 Å². The second-order valence-corrected chi connectivity index (χ2v) is 9.32. The first-order valence-electron chi connectivity index (χ1n) is 10.8. The van der Waals surface area contributed by atoms with E-state index in [1.54, 1.807) is 7.11 Å². The van der Waals surface area contributed by atoms with Crippen molar-refractivity contribution in [2.45, 2.75) is 49.1 Å². The van der Waals surface area contributed by atoms with Crippen LogP contribution in [0.4, 0.5) is 4.79 Å². The molecule has 0 bridgehead atoms. The lowest BCUT2D eigenvalue weighted by Gasteiger charge is -2.20. The van der Waals surface area contributed by atoms with Crippen molar-refractivity contribution in [3.05, 3.63) is 65.7 Å². The SMILES string of the molecule is COc1ccc(C(NC(=O)CCCC[C@@H]2SC[C@@H]3NC(=O)N[C@@H]32)c2ccccc2)cc1. The zero-order valence-electron chi connectivity index (χ0n) is 17.7. The van der Waals surface area contributed by atoms with E-state index >= 15 is 0 Å². The molecule has 3 amide bonds. The van der Waals surface area contributed by atoms with Crippen LogP contribution in [0.15, 0.2) is 54.6 Å². The van der Waals surface area contributed by atoms with Gasteiger partial charge in [0.1, 0.15) is 5.75 Å². The number of amides is 3. The van der Waals surface area contributed by atoms with E-state index in [0.717, 1.165) is 41.9 Å². The molecule has 2 heterocycles. The number of unbranched alkanes of at least 4 members (excludes halogenated alkanes) is 1. The summed E-state index contributed by atoms with van der Waals surface area (Å²) in [5.41, 5.74) is 2.08. The Morgan fingerprint density at radius 3 is 2.58 bits per heavy atom. The van der Waals surface area contributed by atoms with Crippen LogP contribution in [0.3, 0.4) is 0 Å². The summed E-state index contributed by atoms with van der Waals surface area (Å²) in [6, 6.07) is 18.1. The predicted molar refractivity (Wildman–Crippen MR) is 123 cm³/mol. The highest BCUT2D eigenvalue weighted by Gasteiger charge is 2.42. The van der Waals surface area contributed by atoms with Crippen molar-refractivity contribution in [2.24, 2.45) is 0 Å². The summed E-state index contributed by atoms with van der Waals surface area (Å²) in [5, 5.41) is 9.64. The van der Waals surface area contributed by atoms with Gasteiger partial charge in [0, 0.05) is 17.4 Å². The number of ether oxygens (including phenoxy) is 1. The Balaban J connectivity index is 1.30. The van der Waals surface area contributed by atoms with Gasteiger partial charge in [-0.1, -0.05) is 48.9 Å². The van der Waals surface area contributed by atoms with E-state index in [-0.39, 0.29) is 30.1 Å². The Hall–Kier alpha value is -2.67. The number of carbonyl (C=O) groups is 2. The summed E-state index contributed by atoms with van der Waals surface area (Å²) in [7, 11) is 1.65. The third kappa shape index (κ3) is 5.34. The number of thioether (sulfide) groups is 1. The molecule has 4 atom stereocenters. The van der Waals surface area contributed by atoms with Gasteiger partial charge in [0.05, 0.1) is 25.2 Å². The maximum Gasteiger partial charge on any atom is 0.315 e. The van der Waals surface area contributed by atoms with Crippen LogP contribution >= 0.6 is 11.8 Å². The fourth-order valence-corrected chi connectivity index (χ4v) is 5.85. The number of urea groups is 1. The molecule has 7 heteroatoms. The van der Waals surface area contributed by atoms with Gasteiger partial charge >= 0.3 is 6.03 Å². The number of methoxy groups -OCH3 is 1. The summed E-state index contributed by atoms with van der Waals surface area (Å²) in [6.45, 7) is 0. The summed E-state index contributed by atoms with van der Waals surface area (Å²) < 4.78 is 5.26. The van der Waals surface area contributed by atoms with Crippen LogP contribution in [0.1, 0.15) is 42.9 Å². The first-order valence-corrected chi connectivity index (χ1v) is 11.9. The first-order chi connectivity index (χ1) is 15.1. The maximum atomic E-state index is 12.7. The number of benzene rings is 2. The second-order valence-electron chi connectivity index (χ2n) is 8.05. The molecule has 3 N–H and O–H groups in total. The van der Waals surface area contributed by atoms with Crippen molar-refractivity contribution in [3.8, 4) is 5.75 Å². The number of nitrogens with one attached hydrogen (secondary N) is 3. The highest BCUT2D eigenvalue weighted by molar-refractivity contribution is 8.00. The lowest BCUT2D eigenvalue weighted by molar-refractivity contribution is -0.121. The number of rotatable bonds is 9. The minimum atomic E-state index is -0.189. The largest absolute Gasteiger partial charge is 0.497 e. The molecular weight excluding hydrogens is 410 g/mol. The Labute approximate surface area is 187 Å². The normalized spacial score (nSPS) is 22.9. The summed E-state index contributed by atoms with van der Waals surface area (Å²) in [4.78, 5) is 24.2. The molecule has 2 aliphatic rings. The van der Waals surface area contributed by atoms with Gasteiger partial charge in [0.15, 0.2) is 0 Å². The summed E-state index contributed by atoms with van der Waals surface area (Å²) in [5.74, 6) is 1.81. The molecule has 0 aromatic heterocycles. The third-order valence-corrected chi connectivity index (χ3v) is 7.48. The van der Waals surface area contributed by atoms with Gasteiger partial charge in [0.2, 0.25) is 5.91 Å². The van der Waals surface area contributed by atoms with E-state index in [0.29, 0.717) is 11.7 Å². The predicted octanol–water partition coefficient (Wildman–Crippen LogP) is 3.63. The average molecular weight is 440 g/mol. The molecule has 2 aliphatic heterocycles. The van der Waals surface area contributed by atoms with Gasteiger partial charge in [-0.2, -0.15) is 11.8 Å². The van der Waals surface area contributed by atoms with Crippen LogP contribution < -0.4 is 20.7 Å². The lowest BCUT2D eigenvalue weighted by atomic mass is 9.98. The van der Waals surface area contributed by atoms with Crippen molar-refractivity contribution in [3.63, 3.8) is 0 Å². The zero-order valence-corrected chi connectivity index (χ0v) is 18.5. The minimum absolute atomic E-state index is 0.0508. The molecule has 6 nitrogen and oxygen atoms in total. The molecule has 2 aromatic rings. The van der Waals surface area contributed by atoms with Crippen LogP contribution in [-0.2, 0) is 4.79 Å². The number of carbonyl (C=O) groups excluding carboxylic acids is 2. The van der Waals surface area contributed by atoms with Crippen LogP contribution in [0.2, 0.25) is 0 Å². The lowest BCUT2D eigenvalue weighted by Crippen LogP contribution is -2.36. The average Bonchev–Trinajstić information content (AvgIpc) is 3.35. The fraction of sp³-hybridized carbons (Fsp3) is 0.417. The van der Waals surface area contributed by atoms with Crippen LogP contribution in [0.25, 0.3) is 0 Å². The van der Waals surface area contributed by atoms with Crippen molar-refractivity contribution in [2.75, 3.05) is 12.9 Å². The first kappa shape index (κ1) is 21.6. The Morgan fingerprint density at radius 1 is 1.10 bits per heavy atom. The quantitative estimate of drug-likeness (QED) is 0.412. The molecule has 0 saturated carbocycles. The number of fused-ring (bicyclic) bond motifs is 1. The van der Waals surface area contributed by atoms with Crippen molar-refractivity contribution >= 4 is 23.7 Å². The van der Waals surface area contributed by atoms with Gasteiger partial charge in [0.25, 0.3) is 0 Å². The molecule has 2 fully saturated rings. The van der Waals surface area contributed by atoms with E-state index in [1.165, 1.54) is 0 Å². The van der Waals surface area contributed by atoms with E-state index in [1.807, 2.05) is 66.4 Å². The highest BCUT2D eigenvalue weighted by atomic mass is 32.2. The second kappa shape index (κ2) is 10.1. The molecule has 31 heavy (non-hydrogen) atoms. The molecule has 4 rings (SSSR count). The standard InChI is InChI=1S/C24H29N3O3S/c1-30-18-13-11-17(12-14-18)22(16-7-3-2-4-8-16)26-21(28)10-6-5-9-20-23-19(15-31-20)25-24(29)27-23/h2-4,7-8,11-14,19-20,22-23H,5-6,9-10,15H2,1H3,(H,26,28)(H2,25,27,29)/t19-,20-,22?,23-/m0/s1. The summed E-state index contributed by atoms with van der Waals surface area (Å²) in [6.07, 6.45) is 3.33. The zero-order chi connectivity index (χ0) is 21.6. The Morgan fingerprint density at radius 2 is 1.84 bits per heavy atom. The third-order valence-electron chi connectivity index (χ3n) is 5.97. The molecule has 0 radical (unpaired) electrons. The van der Waals surface area contributed by atoms with Gasteiger partial charge in [-0.05, 0) is 36.1 Å². The molecule has 0 spiro atoms. The van der Waals surface area contributed by atoms with Gasteiger partial charge in [-0.3, -0.25) is 4.79 Å². The maximum absolute atomic E-state index is 12.7. The van der Waals surface area contributed by atoms with Crippen LogP contribution in [0.5, 0.6) is 5.75 Å². The van der Waals surface area contributed by atoms with Crippen molar-refractivity contribution < 1.29 is 14.3 Å². The molecular formula is C24H29N3O3S. The topological polar surface area (TPSA) is 79.5 Å². The van der Waals surface area contributed by atoms with Crippen LogP contribution in [-0.4, -0.2) is 42.1 Å². The van der Waals surface area contributed by atoms with E-state index in [4.69, 9.17) is 4.74 Å². The number of hydrogen-bond acceptors (Lipinski definition) is 4. The Kier molecular flexibility index (Phi) is 7.02. The summed E-state index contributed by atoms with van der Waals surface area (Å²) >= 11 is 1.92. The molecule has 1 unspecified atom stereocenters. The van der Waals surface area contributed by atoms with Crippen LogP contribution in [0, 0.1) is 0 Å². The smallest absolute Gasteiger partial charge is 0.315 e. The van der Waals surface area contributed by atoms with Gasteiger partial charge in [-0.15, -0.1) is 0 Å². The fourth-order valence-electron chi connectivity index (χ4n) is 4.31. The minimum Gasteiger partial charge on any atom is -0.497 e. The number of hydrogen-bond donors (Lipinski definition) is 3. The molecule has 2 aromatic carbocycles.